The first kappa shape index (κ1) is 15.1. The normalized spacial score (nSPS) is 12.0. The number of fused-ring (bicyclic) bond motifs is 1. The molecule has 0 aromatic heterocycles. The van der Waals surface area contributed by atoms with Crippen molar-refractivity contribution in [3.63, 3.8) is 0 Å². The van der Waals surface area contributed by atoms with Crippen LogP contribution in [0.4, 0.5) is 11.4 Å². The second-order valence-electron chi connectivity index (χ2n) is 4.88. The first-order chi connectivity index (χ1) is 10.9. The number of phenolic OH excluding ortho intramolecular Hbond substituents is 1. The van der Waals surface area contributed by atoms with E-state index in [2.05, 4.69) is 10.2 Å². The monoisotopic (exact) mass is 328 g/mol. The molecule has 0 saturated carbocycles. The molecule has 3 aromatic carbocycles. The van der Waals surface area contributed by atoms with Crippen molar-refractivity contribution in [2.75, 3.05) is 0 Å². The highest BCUT2D eigenvalue weighted by molar-refractivity contribution is 7.85. The molecular weight excluding hydrogens is 316 g/mol. The summed E-state index contributed by atoms with van der Waals surface area (Å²) in [5.41, 5.74) is 1.20. The zero-order chi connectivity index (χ0) is 16.4. The predicted molar refractivity (Wildman–Crippen MR) is 86.0 cm³/mol. The number of azo groups is 1. The Balaban J connectivity index is 1.92. The van der Waals surface area contributed by atoms with Crippen LogP contribution in [0.2, 0.25) is 0 Å². The fourth-order valence-corrected chi connectivity index (χ4v) is 2.58. The highest BCUT2D eigenvalue weighted by atomic mass is 32.2. The molecule has 0 fully saturated rings. The van der Waals surface area contributed by atoms with Gasteiger partial charge in [-0.3, -0.25) is 4.55 Å². The molecule has 23 heavy (non-hydrogen) atoms. The summed E-state index contributed by atoms with van der Waals surface area (Å²) in [7, 11) is -4.22. The van der Waals surface area contributed by atoms with E-state index in [4.69, 9.17) is 4.55 Å². The second-order valence-corrected chi connectivity index (χ2v) is 6.31. The van der Waals surface area contributed by atoms with Crippen LogP contribution >= 0.6 is 0 Å². The van der Waals surface area contributed by atoms with Crippen molar-refractivity contribution < 1.29 is 18.1 Å². The Morgan fingerprint density at radius 1 is 0.739 bits per heavy atom. The quantitative estimate of drug-likeness (QED) is 0.555. The Labute approximate surface area is 132 Å². The molecule has 0 radical (unpaired) electrons. The summed E-state index contributed by atoms with van der Waals surface area (Å²) < 4.78 is 31.3. The molecule has 0 aliphatic carbocycles. The van der Waals surface area contributed by atoms with Gasteiger partial charge in [-0.25, -0.2) is 0 Å². The molecule has 3 rings (SSSR count). The largest absolute Gasteiger partial charge is 0.508 e. The predicted octanol–water partition coefficient (Wildman–Crippen LogP) is 4.21. The SMILES string of the molecule is O=S(=O)(O)c1ccc2cc(N=Nc3ccc(O)cc3)ccc2c1. The van der Waals surface area contributed by atoms with Gasteiger partial charge in [0.25, 0.3) is 10.1 Å². The van der Waals surface area contributed by atoms with Crippen molar-refractivity contribution in [3.8, 4) is 5.75 Å². The summed E-state index contributed by atoms with van der Waals surface area (Å²) in [6, 6.07) is 15.8. The minimum absolute atomic E-state index is 0.150. The Bertz CT molecular complexity index is 996. The van der Waals surface area contributed by atoms with Gasteiger partial charge < -0.3 is 5.11 Å². The van der Waals surface area contributed by atoms with E-state index in [0.717, 1.165) is 5.39 Å². The highest BCUT2D eigenvalue weighted by Crippen LogP contribution is 2.26. The summed E-state index contributed by atoms with van der Waals surface area (Å²) in [6.45, 7) is 0. The summed E-state index contributed by atoms with van der Waals surface area (Å²) in [4.78, 5) is -0.150. The van der Waals surface area contributed by atoms with Crippen LogP contribution in [0.3, 0.4) is 0 Å². The van der Waals surface area contributed by atoms with E-state index in [1.54, 1.807) is 36.4 Å². The maximum absolute atomic E-state index is 11.1. The number of aromatic hydroxyl groups is 1. The smallest absolute Gasteiger partial charge is 0.294 e. The minimum atomic E-state index is -4.22. The van der Waals surface area contributed by atoms with Gasteiger partial charge >= 0.3 is 0 Å². The fourth-order valence-electron chi connectivity index (χ4n) is 2.07. The molecule has 0 aliphatic heterocycles. The summed E-state index contributed by atoms with van der Waals surface area (Å²) in [5.74, 6) is 0.157. The van der Waals surface area contributed by atoms with Gasteiger partial charge in [-0.1, -0.05) is 12.1 Å². The van der Waals surface area contributed by atoms with Crippen LogP contribution in [0.15, 0.2) is 75.8 Å². The molecule has 116 valence electrons. The zero-order valence-corrected chi connectivity index (χ0v) is 12.6. The Hall–Kier alpha value is -2.77. The number of hydrogen-bond donors (Lipinski definition) is 2. The Morgan fingerprint density at radius 3 is 2.00 bits per heavy atom. The molecule has 6 nitrogen and oxygen atoms in total. The number of rotatable bonds is 3. The molecule has 0 saturated heterocycles. The minimum Gasteiger partial charge on any atom is -0.508 e. The summed E-state index contributed by atoms with van der Waals surface area (Å²) >= 11 is 0. The molecule has 2 N–H and O–H groups in total. The van der Waals surface area contributed by atoms with Crippen LogP contribution in [-0.2, 0) is 10.1 Å². The fraction of sp³-hybridized carbons (Fsp3) is 0. The number of hydrogen-bond acceptors (Lipinski definition) is 5. The van der Waals surface area contributed by atoms with Crippen LogP contribution in [0.5, 0.6) is 5.75 Å². The van der Waals surface area contributed by atoms with Crippen molar-refractivity contribution in [1.82, 2.24) is 0 Å². The van der Waals surface area contributed by atoms with Gasteiger partial charge in [0.15, 0.2) is 0 Å². The first-order valence-electron chi connectivity index (χ1n) is 6.64. The van der Waals surface area contributed by atoms with Crippen LogP contribution < -0.4 is 0 Å². The van der Waals surface area contributed by atoms with Crippen molar-refractivity contribution in [2.45, 2.75) is 4.90 Å². The van der Waals surface area contributed by atoms with E-state index in [0.29, 0.717) is 16.8 Å². The maximum Gasteiger partial charge on any atom is 0.294 e. The lowest BCUT2D eigenvalue weighted by atomic mass is 10.1. The van der Waals surface area contributed by atoms with Crippen LogP contribution in [0.25, 0.3) is 10.8 Å². The van der Waals surface area contributed by atoms with Crippen molar-refractivity contribution in [1.29, 1.82) is 0 Å². The van der Waals surface area contributed by atoms with E-state index < -0.39 is 10.1 Å². The van der Waals surface area contributed by atoms with E-state index >= 15 is 0 Å². The molecule has 0 unspecified atom stereocenters. The van der Waals surface area contributed by atoms with Crippen molar-refractivity contribution in [3.05, 3.63) is 60.7 Å². The lowest BCUT2D eigenvalue weighted by Gasteiger charge is -2.02. The zero-order valence-electron chi connectivity index (χ0n) is 11.8. The third-order valence-electron chi connectivity index (χ3n) is 3.22. The van der Waals surface area contributed by atoms with Gasteiger partial charge in [-0.2, -0.15) is 18.6 Å². The lowest BCUT2D eigenvalue weighted by Crippen LogP contribution is -1.97. The van der Waals surface area contributed by atoms with E-state index in [1.165, 1.54) is 24.3 Å². The van der Waals surface area contributed by atoms with Gasteiger partial charge in [-0.05, 0) is 59.3 Å². The molecule has 0 atom stereocenters. The Kier molecular flexibility index (Phi) is 3.81. The molecule has 0 aliphatic rings. The third kappa shape index (κ3) is 3.53. The molecule has 0 spiro atoms. The molecular formula is C16H12N2O4S. The standard InChI is InChI=1S/C16H12N2O4S/c19-15-6-4-13(5-7-15)17-18-14-3-1-12-10-16(23(20,21)22)8-2-11(12)9-14/h1-10,19H,(H,20,21,22). The van der Waals surface area contributed by atoms with Gasteiger partial charge in [0.1, 0.15) is 5.75 Å². The number of benzene rings is 3. The second kappa shape index (κ2) is 5.79. The number of phenols is 1. The topological polar surface area (TPSA) is 99.3 Å². The molecule has 3 aromatic rings. The van der Waals surface area contributed by atoms with Crippen LogP contribution in [0.1, 0.15) is 0 Å². The van der Waals surface area contributed by atoms with E-state index in [1.807, 2.05) is 0 Å². The van der Waals surface area contributed by atoms with Gasteiger partial charge in [-0.15, -0.1) is 0 Å². The number of nitrogens with zero attached hydrogens (tertiary/aromatic N) is 2. The molecule has 7 heteroatoms. The highest BCUT2D eigenvalue weighted by Gasteiger charge is 2.09. The van der Waals surface area contributed by atoms with Crippen molar-refractivity contribution in [2.24, 2.45) is 10.2 Å². The molecule has 0 heterocycles. The van der Waals surface area contributed by atoms with Crippen molar-refractivity contribution >= 4 is 32.3 Å². The molecule has 0 amide bonds. The van der Waals surface area contributed by atoms with Gasteiger partial charge in [0.2, 0.25) is 0 Å². The van der Waals surface area contributed by atoms with E-state index in [9.17, 15) is 13.5 Å². The van der Waals surface area contributed by atoms with Gasteiger partial charge in [0, 0.05) is 0 Å². The average molecular weight is 328 g/mol. The third-order valence-corrected chi connectivity index (χ3v) is 4.07. The van der Waals surface area contributed by atoms with Crippen LogP contribution in [-0.4, -0.2) is 18.1 Å². The lowest BCUT2D eigenvalue weighted by molar-refractivity contribution is 0.475. The van der Waals surface area contributed by atoms with Gasteiger partial charge in [0.05, 0.1) is 16.3 Å². The summed E-state index contributed by atoms with van der Waals surface area (Å²) in [6.07, 6.45) is 0. The first-order valence-corrected chi connectivity index (χ1v) is 8.08. The van der Waals surface area contributed by atoms with Crippen LogP contribution in [0, 0.1) is 0 Å². The Morgan fingerprint density at radius 2 is 1.30 bits per heavy atom. The molecule has 0 bridgehead atoms. The van der Waals surface area contributed by atoms with E-state index in [-0.39, 0.29) is 10.6 Å². The summed E-state index contributed by atoms with van der Waals surface area (Å²) in [5, 5.41) is 18.8. The maximum atomic E-state index is 11.1. The average Bonchev–Trinajstić information content (AvgIpc) is 2.53.